The third kappa shape index (κ3) is 13.2. The number of halogens is 1. The van der Waals surface area contributed by atoms with Crippen LogP contribution in [-0.4, -0.2) is 225 Å². The summed E-state index contributed by atoms with van der Waals surface area (Å²) in [4.78, 5) is 29.2. The van der Waals surface area contributed by atoms with Crippen molar-refractivity contribution in [2.24, 2.45) is 11.8 Å². The second-order valence-electron chi connectivity index (χ2n) is 22.4. The van der Waals surface area contributed by atoms with Crippen molar-refractivity contribution in [3.05, 3.63) is 72.8 Å². The normalized spacial score (nSPS) is 36.2. The van der Waals surface area contributed by atoms with Crippen molar-refractivity contribution in [1.29, 1.82) is 0 Å². The number of hydrogen-bond acceptors (Lipinski definition) is 21. The number of nitrogens with one attached hydrogen (secondary N) is 1. The molecule has 6 fully saturated rings. The summed E-state index contributed by atoms with van der Waals surface area (Å²) in [7, 11) is 0. The van der Waals surface area contributed by atoms with Crippen molar-refractivity contribution < 1.29 is 88.0 Å². The minimum absolute atomic E-state index is 0.00834. The molecule has 4 aliphatic heterocycles. The molecule has 4 aromatic rings. The number of rotatable bonds is 19. The highest BCUT2D eigenvalue weighted by molar-refractivity contribution is 5.81. The number of carbonyl (C=O) groups is 2. The first-order valence-corrected chi connectivity index (χ1v) is 28.1. The summed E-state index contributed by atoms with van der Waals surface area (Å²) >= 11 is 0. The first-order chi connectivity index (χ1) is 39.1. The maximum absolute atomic E-state index is 14.2. The second-order valence-corrected chi connectivity index (χ2v) is 22.4. The number of carbonyl (C=O) groups excluding carboxylic acids is 2. The van der Waals surface area contributed by atoms with Crippen LogP contribution in [0, 0.1) is 17.7 Å². The van der Waals surface area contributed by atoms with E-state index in [-0.39, 0.29) is 37.0 Å². The fourth-order valence-corrected chi connectivity index (χ4v) is 12.2. The SMILES string of the molecule is CC(=O)NC1C(O[C@@H](CC2CCCCC2)C(=O)N2CCC2)[C@@H](O)C(CO)O[C@H]1O[C@@H]1CC(CO[C@H]2OC(CO)[C@@H](O)C(n3cc(-c4cccc(F)c4)nn3)C2O)CC(n2cc(-c3ccccc3)nn2)C1O[C@@H]1OC(C)[C@@H](O)C(O)C1O. The topological polar surface area (TPSA) is 337 Å². The molecule has 25 nitrogen and oxygen atoms in total. The first kappa shape index (κ1) is 59.2. The molecule has 2 saturated carbocycles. The smallest absolute Gasteiger partial charge is 0.251 e. The Hall–Kier alpha value is -5.01. The Morgan fingerprint density at radius 3 is 2.09 bits per heavy atom. The van der Waals surface area contributed by atoms with Crippen molar-refractivity contribution in [2.45, 2.75) is 188 Å². The zero-order chi connectivity index (χ0) is 57.1. The number of benzene rings is 2. The molecule has 81 heavy (non-hydrogen) atoms. The second kappa shape index (κ2) is 26.3. The van der Waals surface area contributed by atoms with Crippen molar-refractivity contribution in [3.8, 4) is 22.5 Å². The number of ether oxygens (including phenoxy) is 7. The number of hydrogen-bond donors (Lipinski definition) is 9. The molecule has 2 amide bonds. The third-order valence-electron chi connectivity index (χ3n) is 16.8. The molecular weight excluding hydrogens is 1060 g/mol. The molecule has 12 unspecified atom stereocenters. The fraction of sp³-hybridized carbons (Fsp3) is 0.673. The Bertz CT molecular complexity index is 2690. The van der Waals surface area contributed by atoms with E-state index in [1.54, 1.807) is 17.2 Å². The molecule has 444 valence electrons. The molecule has 26 heteroatoms. The molecule has 0 bridgehead atoms. The Balaban J connectivity index is 0.993. The van der Waals surface area contributed by atoms with Crippen LogP contribution >= 0.6 is 0 Å². The van der Waals surface area contributed by atoms with Crippen molar-refractivity contribution in [1.82, 2.24) is 40.2 Å². The molecule has 20 atom stereocenters. The lowest BCUT2D eigenvalue weighted by Crippen LogP contribution is -2.67. The minimum Gasteiger partial charge on any atom is -0.394 e. The van der Waals surface area contributed by atoms with Gasteiger partial charge < -0.3 is 84.2 Å². The molecule has 9 N–H and O–H groups in total. The molecule has 10 rings (SSSR count). The lowest BCUT2D eigenvalue weighted by atomic mass is 9.81. The molecule has 2 aromatic carbocycles. The van der Waals surface area contributed by atoms with Gasteiger partial charge in [0.15, 0.2) is 18.9 Å². The number of amides is 2. The summed E-state index contributed by atoms with van der Waals surface area (Å²) in [5.74, 6) is -1.79. The van der Waals surface area contributed by atoms with Gasteiger partial charge in [0.05, 0.1) is 50.5 Å². The number of aliphatic hydroxyl groups is 8. The number of likely N-dealkylation sites (tertiary alicyclic amines) is 1. The third-order valence-corrected chi connectivity index (χ3v) is 16.8. The van der Waals surface area contributed by atoms with Crippen LogP contribution in [0.2, 0.25) is 0 Å². The van der Waals surface area contributed by atoms with Crippen LogP contribution in [0.4, 0.5) is 4.39 Å². The highest BCUT2D eigenvalue weighted by atomic mass is 19.1. The predicted octanol–water partition coefficient (Wildman–Crippen LogP) is 0.128. The average molecular weight is 1140 g/mol. The van der Waals surface area contributed by atoms with Crippen LogP contribution in [0.1, 0.15) is 83.7 Å². The van der Waals surface area contributed by atoms with E-state index in [1.807, 2.05) is 30.3 Å². The highest BCUT2D eigenvalue weighted by Crippen LogP contribution is 2.42. The van der Waals surface area contributed by atoms with Crippen LogP contribution in [-0.2, 0) is 42.7 Å². The zero-order valence-electron chi connectivity index (χ0n) is 45.1. The van der Waals surface area contributed by atoms with E-state index >= 15 is 0 Å². The van der Waals surface area contributed by atoms with Gasteiger partial charge in [0.25, 0.3) is 5.91 Å². The van der Waals surface area contributed by atoms with Crippen molar-refractivity contribution in [2.75, 3.05) is 32.9 Å². The fourth-order valence-electron chi connectivity index (χ4n) is 12.2. The maximum atomic E-state index is 14.2. The van der Waals surface area contributed by atoms with E-state index in [9.17, 15) is 54.8 Å². The molecule has 2 aliphatic carbocycles. The summed E-state index contributed by atoms with van der Waals surface area (Å²) in [6.45, 7) is 2.20. The summed E-state index contributed by atoms with van der Waals surface area (Å²) in [6.07, 6.45) is -13.6. The van der Waals surface area contributed by atoms with Gasteiger partial charge in [0, 0.05) is 31.1 Å². The van der Waals surface area contributed by atoms with Crippen molar-refractivity contribution >= 4 is 11.8 Å². The van der Waals surface area contributed by atoms with Gasteiger partial charge in [-0.1, -0.05) is 85.0 Å². The molecule has 4 saturated heterocycles. The van der Waals surface area contributed by atoms with E-state index in [0.717, 1.165) is 44.1 Å². The first-order valence-electron chi connectivity index (χ1n) is 28.1. The standard InChI is InChI=1S/C55H75FN8O17/c1-28-44(68)48(72)49(73)55(76-28)81-50-37(63-23-35(58-60-63)32-13-7-4-8-14-32)19-31(27-75-54-47(71)43(45(69)40(25-65)80-54)64-24-36(59-61-64)33-15-9-16-34(56)22-33)21-38(50)78-53-42(57-29(2)67)51(46(70)41(26-66)79-53)77-39(52(74)62-17-10-18-62)20-30-11-5-3-6-12-30/h4,7-9,13-16,22-24,28,30-31,37-51,53-55,65-66,68-73H,3,5-6,10-12,17-21,25-27H2,1-2H3,(H,57,67)/t28?,31?,37?,38-,39+,40?,41?,42?,43?,44-,45-,46+,47?,48?,49?,50?,51?,53-,54+,55+/m1/s1. The summed E-state index contributed by atoms with van der Waals surface area (Å²) < 4.78 is 62.3. The molecule has 2 aromatic heterocycles. The van der Waals surface area contributed by atoms with Gasteiger partial charge in [0.2, 0.25) is 5.91 Å². The Labute approximate surface area is 466 Å². The van der Waals surface area contributed by atoms with E-state index in [0.29, 0.717) is 30.8 Å². The van der Waals surface area contributed by atoms with Gasteiger partial charge in [-0.2, -0.15) is 0 Å². The van der Waals surface area contributed by atoms with E-state index in [1.165, 1.54) is 47.6 Å². The zero-order valence-corrected chi connectivity index (χ0v) is 45.1. The van der Waals surface area contributed by atoms with Gasteiger partial charge in [-0.05, 0) is 56.6 Å². The minimum atomic E-state index is -1.79. The van der Waals surface area contributed by atoms with E-state index in [2.05, 4.69) is 25.9 Å². The molecule has 6 aliphatic rings. The number of nitrogens with zero attached hydrogens (tertiary/aromatic N) is 7. The molecular formula is C55H75FN8O17. The van der Waals surface area contributed by atoms with E-state index in [4.69, 9.17) is 33.2 Å². The van der Waals surface area contributed by atoms with Gasteiger partial charge in [0.1, 0.15) is 96.4 Å². The highest BCUT2D eigenvalue weighted by Gasteiger charge is 2.54. The van der Waals surface area contributed by atoms with E-state index < -0.39 is 147 Å². The summed E-state index contributed by atoms with van der Waals surface area (Å²) in [5.41, 5.74) is 1.81. The van der Waals surface area contributed by atoms with Crippen LogP contribution in [0.25, 0.3) is 22.5 Å². The number of aliphatic hydroxyl groups excluding tert-OH is 8. The monoisotopic (exact) mass is 1140 g/mol. The van der Waals surface area contributed by atoms with Crippen molar-refractivity contribution in [3.63, 3.8) is 0 Å². The number of aromatic nitrogens is 6. The van der Waals surface area contributed by atoms with Gasteiger partial charge in [-0.3, -0.25) is 9.59 Å². The molecule has 6 heterocycles. The lowest BCUT2D eigenvalue weighted by Gasteiger charge is -2.49. The molecule has 0 radical (unpaired) electrons. The van der Waals surface area contributed by atoms with Gasteiger partial charge in [-0.15, -0.1) is 10.2 Å². The van der Waals surface area contributed by atoms with Crippen LogP contribution in [0.15, 0.2) is 67.0 Å². The summed E-state index contributed by atoms with van der Waals surface area (Å²) in [5, 5.41) is 110. The lowest BCUT2D eigenvalue weighted by molar-refractivity contribution is -0.339. The maximum Gasteiger partial charge on any atom is 0.251 e. The Kier molecular flexibility index (Phi) is 19.2. The predicted molar refractivity (Wildman–Crippen MR) is 278 cm³/mol. The Morgan fingerprint density at radius 2 is 1.40 bits per heavy atom. The quantitative estimate of drug-likeness (QED) is 0.0602. The average Bonchev–Trinajstić information content (AvgIpc) is 4.20. The Morgan fingerprint density at radius 1 is 0.716 bits per heavy atom. The van der Waals surface area contributed by atoms with Crippen LogP contribution < -0.4 is 5.32 Å². The van der Waals surface area contributed by atoms with Gasteiger partial charge in [-0.25, -0.2) is 13.8 Å². The largest absolute Gasteiger partial charge is 0.394 e. The van der Waals surface area contributed by atoms with Crippen LogP contribution in [0.5, 0.6) is 0 Å². The summed E-state index contributed by atoms with van der Waals surface area (Å²) in [6, 6.07) is 11.3. The van der Waals surface area contributed by atoms with Gasteiger partial charge >= 0.3 is 0 Å². The van der Waals surface area contributed by atoms with Crippen LogP contribution in [0.3, 0.4) is 0 Å². The molecule has 0 spiro atoms.